The van der Waals surface area contributed by atoms with Crippen molar-refractivity contribution in [2.45, 2.75) is 44.8 Å². The summed E-state index contributed by atoms with van der Waals surface area (Å²) >= 11 is 0. The van der Waals surface area contributed by atoms with Crippen LogP contribution in [-0.2, 0) is 6.42 Å². The summed E-state index contributed by atoms with van der Waals surface area (Å²) < 4.78 is 26.0. The third-order valence-electron chi connectivity index (χ3n) is 5.91. The molecule has 3 rings (SSSR count). The van der Waals surface area contributed by atoms with Gasteiger partial charge in [-0.1, -0.05) is 19.1 Å². The second kappa shape index (κ2) is 11.2. The summed E-state index contributed by atoms with van der Waals surface area (Å²) in [7, 11) is 0. The van der Waals surface area contributed by atoms with Gasteiger partial charge >= 0.3 is 6.03 Å². The highest BCUT2D eigenvalue weighted by Gasteiger charge is 2.25. The van der Waals surface area contributed by atoms with Gasteiger partial charge in [0.2, 0.25) is 0 Å². The minimum absolute atomic E-state index is 0.210. The van der Waals surface area contributed by atoms with E-state index in [2.05, 4.69) is 15.5 Å². The van der Waals surface area contributed by atoms with Crippen molar-refractivity contribution < 1.29 is 18.7 Å². The first-order chi connectivity index (χ1) is 14.9. The Morgan fingerprint density at radius 3 is 2.23 bits per heavy atom. The van der Waals surface area contributed by atoms with Gasteiger partial charge < -0.3 is 20.6 Å². The van der Waals surface area contributed by atoms with Gasteiger partial charge in [0.25, 0.3) is 0 Å². The van der Waals surface area contributed by atoms with E-state index >= 15 is 0 Å². The molecule has 1 aliphatic rings. The fourth-order valence-electron chi connectivity index (χ4n) is 4.06. The molecule has 2 aromatic carbocycles. The number of halogens is 2. The van der Waals surface area contributed by atoms with Gasteiger partial charge in [-0.3, -0.25) is 0 Å². The van der Waals surface area contributed by atoms with E-state index in [9.17, 15) is 18.7 Å². The molecule has 2 atom stereocenters. The van der Waals surface area contributed by atoms with Crippen LogP contribution in [-0.4, -0.2) is 47.8 Å². The molecule has 0 radical (unpaired) electrons. The minimum atomic E-state index is -0.683. The van der Waals surface area contributed by atoms with Gasteiger partial charge in [0.15, 0.2) is 0 Å². The largest absolute Gasteiger partial charge is 0.390 e. The number of aliphatic hydroxyl groups excluding tert-OH is 1. The van der Waals surface area contributed by atoms with Gasteiger partial charge in [0, 0.05) is 12.2 Å². The number of urea groups is 1. The van der Waals surface area contributed by atoms with E-state index in [4.69, 9.17) is 0 Å². The third-order valence-corrected chi connectivity index (χ3v) is 5.91. The smallest absolute Gasteiger partial charge is 0.319 e. The molecule has 1 saturated heterocycles. The van der Waals surface area contributed by atoms with E-state index in [1.54, 1.807) is 0 Å². The van der Waals surface area contributed by atoms with Gasteiger partial charge in [0.1, 0.15) is 11.6 Å². The van der Waals surface area contributed by atoms with E-state index in [0.29, 0.717) is 24.6 Å². The SMILES string of the molecule is CC[C@@H](NC(=O)Nc1ccc(F)cc1)[C@H](O)CN1CCC(Cc2ccc(F)cc2)CC1. The van der Waals surface area contributed by atoms with E-state index in [-0.39, 0.29) is 17.7 Å². The number of rotatable bonds is 8. The summed E-state index contributed by atoms with van der Waals surface area (Å²) in [4.78, 5) is 14.5. The van der Waals surface area contributed by atoms with E-state index in [0.717, 1.165) is 37.9 Å². The Morgan fingerprint density at radius 2 is 1.65 bits per heavy atom. The molecule has 7 heteroatoms. The second-order valence-corrected chi connectivity index (χ2v) is 8.26. The lowest BCUT2D eigenvalue weighted by atomic mass is 9.90. The minimum Gasteiger partial charge on any atom is -0.390 e. The lowest BCUT2D eigenvalue weighted by Gasteiger charge is -2.35. The molecule has 1 fully saturated rings. The van der Waals surface area contributed by atoms with Crippen molar-refractivity contribution in [1.29, 1.82) is 0 Å². The number of hydrogen-bond donors (Lipinski definition) is 3. The predicted octanol–water partition coefficient (Wildman–Crippen LogP) is 4.18. The Bertz CT molecular complexity index is 822. The molecule has 0 aromatic heterocycles. The Labute approximate surface area is 182 Å². The van der Waals surface area contributed by atoms with Gasteiger partial charge in [-0.05, 0) is 86.7 Å². The van der Waals surface area contributed by atoms with Crippen molar-refractivity contribution in [2.75, 3.05) is 25.0 Å². The van der Waals surface area contributed by atoms with Gasteiger partial charge in [0.05, 0.1) is 12.1 Å². The standard InChI is InChI=1S/C24H31F2N3O2/c1-2-22(28-24(31)27-21-9-7-20(26)8-10-21)23(30)16-29-13-11-18(12-14-29)15-17-3-5-19(25)6-4-17/h3-10,18,22-23,30H,2,11-16H2,1H3,(H2,27,28,31)/t22-,23-/m1/s1. The van der Waals surface area contributed by atoms with Gasteiger partial charge in [-0.15, -0.1) is 0 Å². The molecule has 2 amide bonds. The van der Waals surface area contributed by atoms with E-state index in [1.807, 2.05) is 19.1 Å². The zero-order valence-corrected chi connectivity index (χ0v) is 17.9. The predicted molar refractivity (Wildman–Crippen MR) is 118 cm³/mol. The molecule has 0 bridgehead atoms. The normalized spacial score (nSPS) is 17.2. The number of β-amino-alcohol motifs (C(OH)–C–C–N with tert-alkyl or cyclic N) is 1. The van der Waals surface area contributed by atoms with Crippen LogP contribution in [0.5, 0.6) is 0 Å². The van der Waals surface area contributed by atoms with Crippen LogP contribution in [0.4, 0.5) is 19.3 Å². The maximum absolute atomic E-state index is 13.1. The lowest BCUT2D eigenvalue weighted by Crippen LogP contribution is -2.50. The molecule has 168 valence electrons. The highest BCUT2D eigenvalue weighted by Crippen LogP contribution is 2.22. The molecule has 31 heavy (non-hydrogen) atoms. The molecular weight excluding hydrogens is 400 g/mol. The number of likely N-dealkylation sites (tertiary alicyclic amines) is 1. The molecule has 3 N–H and O–H groups in total. The second-order valence-electron chi connectivity index (χ2n) is 8.26. The summed E-state index contributed by atoms with van der Waals surface area (Å²) in [6.07, 6.45) is 2.91. The third kappa shape index (κ3) is 7.29. The van der Waals surface area contributed by atoms with Crippen LogP contribution in [0.2, 0.25) is 0 Å². The number of amides is 2. The fraction of sp³-hybridized carbons (Fsp3) is 0.458. The zero-order valence-electron chi connectivity index (χ0n) is 17.9. The first kappa shape index (κ1) is 23.2. The first-order valence-electron chi connectivity index (χ1n) is 10.9. The van der Waals surface area contributed by atoms with Crippen molar-refractivity contribution in [3.63, 3.8) is 0 Å². The van der Waals surface area contributed by atoms with Crippen LogP contribution in [0.25, 0.3) is 0 Å². The van der Waals surface area contributed by atoms with Crippen LogP contribution < -0.4 is 10.6 Å². The molecule has 0 unspecified atom stereocenters. The number of benzene rings is 2. The number of aliphatic hydroxyl groups is 1. The summed E-state index contributed by atoms with van der Waals surface area (Å²) in [5.41, 5.74) is 1.65. The number of anilines is 1. The van der Waals surface area contributed by atoms with Gasteiger partial charge in [-0.2, -0.15) is 0 Å². The number of piperidine rings is 1. The molecule has 5 nitrogen and oxygen atoms in total. The van der Waals surface area contributed by atoms with Crippen LogP contribution in [0.1, 0.15) is 31.7 Å². The number of nitrogens with zero attached hydrogens (tertiary/aromatic N) is 1. The highest BCUT2D eigenvalue weighted by molar-refractivity contribution is 5.89. The fourth-order valence-corrected chi connectivity index (χ4v) is 4.06. The molecule has 1 aliphatic heterocycles. The maximum atomic E-state index is 13.1. The summed E-state index contributed by atoms with van der Waals surface area (Å²) in [5, 5.41) is 16.1. The topological polar surface area (TPSA) is 64.6 Å². The molecular formula is C24H31F2N3O2. The van der Waals surface area contributed by atoms with Crippen molar-refractivity contribution in [2.24, 2.45) is 5.92 Å². The summed E-state index contributed by atoms with van der Waals surface area (Å²) in [6, 6.07) is 11.4. The maximum Gasteiger partial charge on any atom is 0.319 e. The number of carbonyl (C=O) groups excluding carboxylic acids is 1. The van der Waals surface area contributed by atoms with E-state index < -0.39 is 12.1 Å². The quantitative estimate of drug-likeness (QED) is 0.588. The average molecular weight is 432 g/mol. The van der Waals surface area contributed by atoms with Crippen molar-refractivity contribution in [3.05, 3.63) is 65.7 Å². The number of nitrogens with one attached hydrogen (secondary N) is 2. The summed E-state index contributed by atoms with van der Waals surface area (Å²) in [5.74, 6) is -0.0207. The summed E-state index contributed by atoms with van der Waals surface area (Å²) in [6.45, 7) is 4.20. The molecule has 0 saturated carbocycles. The number of hydrogen-bond acceptors (Lipinski definition) is 3. The highest BCUT2D eigenvalue weighted by atomic mass is 19.1. The molecule has 1 heterocycles. The first-order valence-corrected chi connectivity index (χ1v) is 10.9. The average Bonchev–Trinajstić information content (AvgIpc) is 2.76. The monoisotopic (exact) mass is 431 g/mol. The number of carbonyl (C=O) groups is 1. The molecule has 2 aromatic rings. The van der Waals surface area contributed by atoms with Crippen LogP contribution in [0.3, 0.4) is 0 Å². The van der Waals surface area contributed by atoms with Crippen molar-refractivity contribution >= 4 is 11.7 Å². The van der Waals surface area contributed by atoms with Crippen molar-refractivity contribution in [1.82, 2.24) is 10.2 Å². The molecule has 0 spiro atoms. The Kier molecular flexibility index (Phi) is 8.37. The van der Waals surface area contributed by atoms with Crippen molar-refractivity contribution in [3.8, 4) is 0 Å². The Morgan fingerprint density at radius 1 is 1.06 bits per heavy atom. The van der Waals surface area contributed by atoms with Gasteiger partial charge in [-0.25, -0.2) is 13.6 Å². The van der Waals surface area contributed by atoms with E-state index in [1.165, 1.54) is 36.4 Å². The van der Waals surface area contributed by atoms with Crippen LogP contribution in [0, 0.1) is 17.6 Å². The molecule has 0 aliphatic carbocycles. The zero-order chi connectivity index (χ0) is 22.2. The lowest BCUT2D eigenvalue weighted by molar-refractivity contribution is 0.0649. The Balaban J connectivity index is 1.42. The van der Waals surface area contributed by atoms with Crippen LogP contribution >= 0.6 is 0 Å². The Hall–Kier alpha value is -2.51. The van der Waals surface area contributed by atoms with Crippen LogP contribution in [0.15, 0.2) is 48.5 Å².